The number of carboxylic acids is 1. The lowest BCUT2D eigenvalue weighted by Gasteiger charge is -2.24. The van der Waals surface area contributed by atoms with Crippen LogP contribution in [-0.2, 0) is 9.59 Å². The van der Waals surface area contributed by atoms with E-state index in [1.54, 1.807) is 0 Å². The highest BCUT2D eigenvalue weighted by atomic mass is 19.2. The molecular weight excluding hydrogens is 316 g/mol. The minimum absolute atomic E-state index is 0.0620. The molecule has 0 spiro atoms. The largest absolute Gasteiger partial charge is 0.480 e. The molecule has 1 N–H and O–H groups in total. The van der Waals surface area contributed by atoms with Gasteiger partial charge in [-0.05, 0) is 54.7 Å². The van der Waals surface area contributed by atoms with E-state index in [9.17, 15) is 23.5 Å². The summed E-state index contributed by atoms with van der Waals surface area (Å²) < 4.78 is 26.4. The van der Waals surface area contributed by atoms with Crippen molar-refractivity contribution in [3.8, 4) is 0 Å². The van der Waals surface area contributed by atoms with Crippen LogP contribution in [0, 0.1) is 29.4 Å². The SMILES string of the molecule is O=C(O)C1C2CCCC2CN1C(=O)C1CC1c1ccc(F)c(F)c1. The van der Waals surface area contributed by atoms with E-state index in [0.717, 1.165) is 31.4 Å². The van der Waals surface area contributed by atoms with Crippen LogP contribution in [0.5, 0.6) is 0 Å². The van der Waals surface area contributed by atoms with Gasteiger partial charge in [-0.15, -0.1) is 0 Å². The fourth-order valence-electron chi connectivity index (χ4n) is 4.64. The number of likely N-dealkylation sites (tertiary alicyclic amines) is 1. The highest BCUT2D eigenvalue weighted by Gasteiger charge is 2.54. The van der Waals surface area contributed by atoms with E-state index in [4.69, 9.17) is 0 Å². The summed E-state index contributed by atoms with van der Waals surface area (Å²) in [6, 6.07) is 2.99. The molecule has 1 aromatic carbocycles. The molecule has 0 aromatic heterocycles. The van der Waals surface area contributed by atoms with E-state index in [1.807, 2.05) is 0 Å². The van der Waals surface area contributed by atoms with Crippen LogP contribution in [0.3, 0.4) is 0 Å². The monoisotopic (exact) mass is 335 g/mol. The number of hydrogen-bond acceptors (Lipinski definition) is 2. The Morgan fingerprint density at radius 2 is 1.96 bits per heavy atom. The zero-order chi connectivity index (χ0) is 17.0. The lowest BCUT2D eigenvalue weighted by molar-refractivity contribution is -0.150. The molecule has 1 aromatic rings. The summed E-state index contributed by atoms with van der Waals surface area (Å²) in [5.74, 6) is -2.99. The second kappa shape index (κ2) is 5.53. The van der Waals surface area contributed by atoms with E-state index in [-0.39, 0.29) is 29.6 Å². The van der Waals surface area contributed by atoms with Gasteiger partial charge in [0.1, 0.15) is 6.04 Å². The number of nitrogens with zero attached hydrogens (tertiary/aromatic N) is 1. The fourth-order valence-corrected chi connectivity index (χ4v) is 4.64. The van der Waals surface area contributed by atoms with Gasteiger partial charge in [-0.2, -0.15) is 0 Å². The van der Waals surface area contributed by atoms with Crippen LogP contribution in [0.4, 0.5) is 8.78 Å². The van der Waals surface area contributed by atoms with Crippen LogP contribution in [0.2, 0.25) is 0 Å². The first-order valence-electron chi connectivity index (χ1n) is 8.45. The molecule has 6 heteroatoms. The second-order valence-corrected chi connectivity index (χ2v) is 7.25. The zero-order valence-corrected chi connectivity index (χ0v) is 13.1. The number of carboxylic acid groups (broad SMARTS) is 1. The zero-order valence-electron chi connectivity index (χ0n) is 13.1. The van der Waals surface area contributed by atoms with Gasteiger partial charge < -0.3 is 10.0 Å². The van der Waals surface area contributed by atoms with E-state index >= 15 is 0 Å². The number of aliphatic carboxylic acids is 1. The molecular formula is C18H19F2NO3. The van der Waals surface area contributed by atoms with Gasteiger partial charge in [0, 0.05) is 12.5 Å². The topological polar surface area (TPSA) is 57.6 Å². The van der Waals surface area contributed by atoms with Gasteiger partial charge in [0.15, 0.2) is 11.6 Å². The predicted octanol–water partition coefficient (Wildman–Crippen LogP) is 2.78. The molecule has 3 fully saturated rings. The van der Waals surface area contributed by atoms with E-state index < -0.39 is 23.6 Å². The van der Waals surface area contributed by atoms with Crippen molar-refractivity contribution in [1.29, 1.82) is 0 Å². The molecule has 0 radical (unpaired) electrons. The highest BCUT2D eigenvalue weighted by molar-refractivity contribution is 5.88. The summed E-state index contributed by atoms with van der Waals surface area (Å²) in [6.07, 6.45) is 3.45. The van der Waals surface area contributed by atoms with Gasteiger partial charge in [-0.3, -0.25) is 4.79 Å². The van der Waals surface area contributed by atoms with Crippen molar-refractivity contribution >= 4 is 11.9 Å². The number of amides is 1. The molecule has 3 aliphatic rings. The van der Waals surface area contributed by atoms with Crippen LogP contribution in [0.1, 0.15) is 37.2 Å². The Morgan fingerprint density at radius 1 is 1.17 bits per heavy atom. The number of carbonyl (C=O) groups is 2. The quantitative estimate of drug-likeness (QED) is 0.924. The minimum Gasteiger partial charge on any atom is -0.480 e. The van der Waals surface area contributed by atoms with Crippen molar-refractivity contribution in [3.05, 3.63) is 35.4 Å². The Morgan fingerprint density at radius 3 is 2.67 bits per heavy atom. The van der Waals surface area contributed by atoms with E-state index in [0.29, 0.717) is 18.5 Å². The maximum atomic E-state index is 13.4. The molecule has 1 amide bonds. The first-order chi connectivity index (χ1) is 11.5. The molecule has 2 saturated carbocycles. The van der Waals surface area contributed by atoms with Gasteiger partial charge >= 0.3 is 5.97 Å². The third-order valence-electron chi connectivity index (χ3n) is 5.91. The van der Waals surface area contributed by atoms with Gasteiger partial charge in [-0.1, -0.05) is 12.5 Å². The van der Waals surface area contributed by atoms with Crippen molar-refractivity contribution in [3.63, 3.8) is 0 Å². The third-order valence-corrected chi connectivity index (χ3v) is 5.91. The van der Waals surface area contributed by atoms with Gasteiger partial charge in [0.2, 0.25) is 5.91 Å². The summed E-state index contributed by atoms with van der Waals surface area (Å²) in [4.78, 5) is 26.0. The summed E-state index contributed by atoms with van der Waals surface area (Å²) in [5, 5.41) is 9.55. The number of benzene rings is 1. The fraction of sp³-hybridized carbons (Fsp3) is 0.556. The smallest absolute Gasteiger partial charge is 0.326 e. The highest BCUT2D eigenvalue weighted by Crippen LogP contribution is 2.51. The number of halogens is 2. The van der Waals surface area contributed by atoms with Crippen LogP contribution >= 0.6 is 0 Å². The van der Waals surface area contributed by atoms with Crippen molar-refractivity contribution in [1.82, 2.24) is 4.90 Å². The molecule has 0 bridgehead atoms. The van der Waals surface area contributed by atoms with Crippen LogP contribution in [0.25, 0.3) is 0 Å². The first kappa shape index (κ1) is 15.5. The molecule has 4 rings (SSSR count). The molecule has 2 aliphatic carbocycles. The molecule has 5 atom stereocenters. The molecule has 4 nitrogen and oxygen atoms in total. The van der Waals surface area contributed by atoms with Gasteiger partial charge in [0.05, 0.1) is 0 Å². The molecule has 24 heavy (non-hydrogen) atoms. The number of rotatable bonds is 3. The van der Waals surface area contributed by atoms with Gasteiger partial charge in [0.25, 0.3) is 0 Å². The predicted molar refractivity (Wildman–Crippen MR) is 81.2 cm³/mol. The Bertz CT molecular complexity index is 708. The number of carbonyl (C=O) groups excluding carboxylic acids is 1. The van der Waals surface area contributed by atoms with Gasteiger partial charge in [-0.25, -0.2) is 13.6 Å². The van der Waals surface area contributed by atoms with E-state index in [2.05, 4.69) is 0 Å². The van der Waals surface area contributed by atoms with Crippen molar-refractivity contribution in [2.75, 3.05) is 6.54 Å². The minimum atomic E-state index is -0.928. The average molecular weight is 335 g/mol. The molecule has 128 valence electrons. The summed E-state index contributed by atoms with van der Waals surface area (Å²) >= 11 is 0. The number of hydrogen-bond donors (Lipinski definition) is 1. The Balaban J connectivity index is 1.50. The molecule has 5 unspecified atom stereocenters. The first-order valence-corrected chi connectivity index (χ1v) is 8.45. The van der Waals surface area contributed by atoms with Crippen LogP contribution in [0.15, 0.2) is 18.2 Å². The Kier molecular flexibility index (Phi) is 3.58. The summed E-state index contributed by atoms with van der Waals surface area (Å²) in [5.41, 5.74) is 0.610. The average Bonchev–Trinajstić information content (AvgIpc) is 3.05. The molecule has 1 saturated heterocycles. The third kappa shape index (κ3) is 2.39. The summed E-state index contributed by atoms with van der Waals surface area (Å²) in [7, 11) is 0. The molecule has 1 aliphatic heterocycles. The van der Waals surface area contributed by atoms with Crippen molar-refractivity contribution in [2.24, 2.45) is 17.8 Å². The molecule has 1 heterocycles. The lowest BCUT2D eigenvalue weighted by atomic mass is 9.94. The maximum Gasteiger partial charge on any atom is 0.326 e. The van der Waals surface area contributed by atoms with Crippen molar-refractivity contribution < 1.29 is 23.5 Å². The van der Waals surface area contributed by atoms with Crippen LogP contribution < -0.4 is 0 Å². The summed E-state index contributed by atoms with van der Waals surface area (Å²) in [6.45, 7) is 0.515. The van der Waals surface area contributed by atoms with Crippen LogP contribution in [-0.4, -0.2) is 34.5 Å². The Hall–Kier alpha value is -1.98. The van der Waals surface area contributed by atoms with E-state index in [1.165, 1.54) is 11.0 Å². The second-order valence-electron chi connectivity index (χ2n) is 7.25. The Labute approximate surface area is 138 Å². The lowest BCUT2D eigenvalue weighted by Crippen LogP contribution is -2.44. The van der Waals surface area contributed by atoms with Crippen molar-refractivity contribution in [2.45, 2.75) is 37.6 Å². The number of fused-ring (bicyclic) bond motifs is 1. The normalized spacial score (nSPS) is 34.2. The standard InChI is InChI=1S/C18H19F2NO3/c19-14-5-4-9(6-15(14)20)12-7-13(12)17(22)21-8-10-2-1-3-11(10)16(21)18(23)24/h4-6,10-13,16H,1-3,7-8H2,(H,23,24). The maximum absolute atomic E-state index is 13.4.